The van der Waals surface area contributed by atoms with Gasteiger partial charge in [-0.05, 0) is 19.9 Å². The number of piperazine rings is 1. The molecule has 0 radical (unpaired) electrons. The van der Waals surface area contributed by atoms with Crippen molar-refractivity contribution in [3.63, 3.8) is 0 Å². The Morgan fingerprint density at radius 3 is 2.08 bits per heavy atom. The predicted octanol–water partition coefficient (Wildman–Crippen LogP) is 2.39. The Morgan fingerprint density at radius 2 is 1.61 bits per heavy atom. The molecule has 3 aliphatic rings. The second-order valence-corrected chi connectivity index (χ2v) is 9.39. The average molecular weight is 551 g/mol. The number of rotatable bonds is 3. The second-order valence-electron chi connectivity index (χ2n) is 8.41. The zero-order valence-electron chi connectivity index (χ0n) is 19.3. The topological polar surface area (TPSA) is 106 Å². The summed E-state index contributed by atoms with van der Waals surface area (Å²) in [7, 11) is 2.22. The third-order valence-electron chi connectivity index (χ3n) is 5.92. The van der Waals surface area contributed by atoms with Gasteiger partial charge in [0.25, 0.3) is 0 Å². The van der Waals surface area contributed by atoms with Gasteiger partial charge in [-0.2, -0.15) is 26.3 Å². The van der Waals surface area contributed by atoms with E-state index in [0.29, 0.717) is 18.2 Å². The predicted molar refractivity (Wildman–Crippen MR) is 116 cm³/mol. The van der Waals surface area contributed by atoms with Crippen LogP contribution in [-0.4, -0.2) is 119 Å². The van der Waals surface area contributed by atoms with Crippen LogP contribution < -0.4 is 0 Å². The second kappa shape index (κ2) is 13.0. The SMILES string of the molecule is CN1CCN([C@@H]2CN(Cc3nccs3)[C@@H]3CCCO[C@H]23)CC1.O=C(O)C(F)(F)F.O=C(O)C(F)(F)F. The van der Waals surface area contributed by atoms with Crippen LogP contribution in [-0.2, 0) is 20.9 Å². The number of halogens is 6. The van der Waals surface area contributed by atoms with E-state index in [-0.39, 0.29) is 0 Å². The van der Waals surface area contributed by atoms with Crippen LogP contribution in [0.2, 0.25) is 0 Å². The molecule has 0 saturated carbocycles. The summed E-state index contributed by atoms with van der Waals surface area (Å²) in [6.07, 6.45) is -5.37. The fourth-order valence-corrected chi connectivity index (χ4v) is 4.83. The number of alkyl halides is 6. The standard InChI is InChI=1S/C16H26N4OS.2C2HF3O2/c1-18-5-7-19(8-6-18)14-11-20(12-15-17-4-10-22-15)13-3-2-9-21-16(13)14;2*3-2(4,5)1(6)7/h4,10,13-14,16H,2-3,5-9,11-12H2,1H3;2*(H,6,7)/t13-,14-,16+;;/m1../s1. The van der Waals surface area contributed by atoms with Gasteiger partial charge in [0.05, 0.1) is 18.7 Å². The molecule has 2 N–H and O–H groups in total. The molecule has 1 aromatic heterocycles. The van der Waals surface area contributed by atoms with Gasteiger partial charge in [-0.3, -0.25) is 9.80 Å². The highest BCUT2D eigenvalue weighted by Crippen LogP contribution is 2.33. The van der Waals surface area contributed by atoms with Crippen LogP contribution in [0.4, 0.5) is 26.3 Å². The minimum absolute atomic E-state index is 0.400. The molecule has 3 saturated heterocycles. The lowest BCUT2D eigenvalue weighted by atomic mass is 9.99. The molecular weight excluding hydrogens is 522 g/mol. The fraction of sp³-hybridized carbons (Fsp3) is 0.750. The van der Waals surface area contributed by atoms with E-state index in [0.717, 1.165) is 19.7 Å². The number of carbonyl (C=O) groups is 2. The molecule has 3 atom stereocenters. The molecule has 0 bridgehead atoms. The largest absolute Gasteiger partial charge is 0.490 e. The van der Waals surface area contributed by atoms with E-state index in [1.807, 2.05) is 6.20 Å². The summed E-state index contributed by atoms with van der Waals surface area (Å²) in [5.41, 5.74) is 0. The minimum atomic E-state index is -5.08. The van der Waals surface area contributed by atoms with Crippen LogP contribution in [0.5, 0.6) is 0 Å². The smallest absolute Gasteiger partial charge is 0.475 e. The van der Waals surface area contributed by atoms with E-state index in [9.17, 15) is 26.3 Å². The fourth-order valence-electron chi connectivity index (χ4n) is 4.19. The number of ether oxygens (including phenoxy) is 1. The molecule has 4 rings (SSSR count). The van der Waals surface area contributed by atoms with Gasteiger partial charge in [-0.25, -0.2) is 14.6 Å². The normalized spacial score (nSPS) is 25.7. The van der Waals surface area contributed by atoms with Gasteiger partial charge >= 0.3 is 24.3 Å². The lowest BCUT2D eigenvalue weighted by molar-refractivity contribution is -0.193. The van der Waals surface area contributed by atoms with Crippen molar-refractivity contribution in [1.29, 1.82) is 0 Å². The first-order chi connectivity index (χ1) is 16.7. The summed E-state index contributed by atoms with van der Waals surface area (Å²) in [5, 5.41) is 17.6. The van der Waals surface area contributed by atoms with Crippen LogP contribution >= 0.6 is 11.3 Å². The van der Waals surface area contributed by atoms with Gasteiger partial charge in [0, 0.05) is 56.9 Å². The summed E-state index contributed by atoms with van der Waals surface area (Å²) in [5.74, 6) is -5.51. The number of aromatic nitrogens is 1. The van der Waals surface area contributed by atoms with Gasteiger partial charge in [0.1, 0.15) is 5.01 Å². The lowest BCUT2D eigenvalue weighted by Gasteiger charge is -2.39. The van der Waals surface area contributed by atoms with Gasteiger partial charge < -0.3 is 19.8 Å². The third-order valence-corrected chi connectivity index (χ3v) is 6.68. The van der Waals surface area contributed by atoms with Crippen LogP contribution in [0, 0.1) is 0 Å². The number of hydrogen-bond acceptors (Lipinski definition) is 8. The van der Waals surface area contributed by atoms with Gasteiger partial charge in [0.15, 0.2) is 0 Å². The summed E-state index contributed by atoms with van der Waals surface area (Å²) in [6.45, 7) is 7.79. The molecule has 206 valence electrons. The Balaban J connectivity index is 0.000000271. The Bertz CT molecular complexity index is 810. The molecular formula is C20H28F6N4O5S. The molecule has 4 heterocycles. The molecule has 36 heavy (non-hydrogen) atoms. The minimum Gasteiger partial charge on any atom is -0.475 e. The van der Waals surface area contributed by atoms with E-state index in [1.54, 1.807) is 11.3 Å². The Kier molecular flexibility index (Phi) is 10.9. The van der Waals surface area contributed by atoms with Crippen molar-refractivity contribution in [2.75, 3.05) is 46.4 Å². The first-order valence-electron chi connectivity index (χ1n) is 11.0. The number of carboxylic acids is 2. The van der Waals surface area contributed by atoms with Crippen molar-refractivity contribution in [2.45, 2.75) is 49.9 Å². The van der Waals surface area contributed by atoms with Crippen molar-refractivity contribution in [3.8, 4) is 0 Å². The maximum absolute atomic E-state index is 10.6. The van der Waals surface area contributed by atoms with Crippen molar-refractivity contribution in [1.82, 2.24) is 19.7 Å². The number of likely N-dealkylation sites (tertiary alicyclic amines) is 1. The Hall–Kier alpha value is -2.01. The number of carboxylic acid groups (broad SMARTS) is 2. The maximum Gasteiger partial charge on any atom is 0.490 e. The molecule has 0 amide bonds. The molecule has 9 nitrogen and oxygen atoms in total. The van der Waals surface area contributed by atoms with Gasteiger partial charge in [0.2, 0.25) is 0 Å². The highest BCUT2D eigenvalue weighted by molar-refractivity contribution is 7.09. The maximum atomic E-state index is 10.6. The number of likely N-dealkylation sites (N-methyl/N-ethyl adjacent to an activating group) is 1. The molecule has 16 heteroatoms. The van der Waals surface area contributed by atoms with Crippen LogP contribution in [0.15, 0.2) is 11.6 Å². The zero-order valence-corrected chi connectivity index (χ0v) is 20.2. The van der Waals surface area contributed by atoms with E-state index < -0.39 is 24.3 Å². The molecule has 1 aromatic rings. The van der Waals surface area contributed by atoms with Crippen LogP contribution in [0.3, 0.4) is 0 Å². The molecule has 0 aromatic carbocycles. The highest BCUT2D eigenvalue weighted by atomic mass is 32.1. The van der Waals surface area contributed by atoms with E-state index in [4.69, 9.17) is 24.5 Å². The molecule has 3 aliphatic heterocycles. The zero-order chi connectivity index (χ0) is 27.1. The van der Waals surface area contributed by atoms with E-state index in [2.05, 4.69) is 32.1 Å². The molecule has 0 unspecified atom stereocenters. The summed E-state index contributed by atoms with van der Waals surface area (Å²) in [4.78, 5) is 30.0. The van der Waals surface area contributed by atoms with Crippen molar-refractivity contribution < 1.29 is 50.9 Å². The number of nitrogens with zero attached hydrogens (tertiary/aromatic N) is 4. The van der Waals surface area contributed by atoms with Crippen molar-refractivity contribution in [3.05, 3.63) is 16.6 Å². The highest BCUT2D eigenvalue weighted by Gasteiger charge is 2.46. The molecule has 3 fully saturated rings. The first-order valence-corrected chi connectivity index (χ1v) is 11.8. The number of hydrogen-bond donors (Lipinski definition) is 2. The average Bonchev–Trinajstić information content (AvgIpc) is 3.43. The number of aliphatic carboxylic acids is 2. The van der Waals surface area contributed by atoms with Gasteiger partial charge in [-0.1, -0.05) is 0 Å². The van der Waals surface area contributed by atoms with E-state index >= 15 is 0 Å². The quantitative estimate of drug-likeness (QED) is 0.549. The Labute approximate surface area is 207 Å². The lowest BCUT2D eigenvalue weighted by Crippen LogP contribution is -2.54. The Morgan fingerprint density at radius 1 is 1.06 bits per heavy atom. The van der Waals surface area contributed by atoms with Crippen LogP contribution in [0.1, 0.15) is 17.8 Å². The summed E-state index contributed by atoms with van der Waals surface area (Å²) in [6, 6.07) is 1.15. The third kappa shape index (κ3) is 9.14. The molecule has 0 spiro atoms. The monoisotopic (exact) mass is 550 g/mol. The van der Waals surface area contributed by atoms with Crippen LogP contribution in [0.25, 0.3) is 0 Å². The van der Waals surface area contributed by atoms with Crippen molar-refractivity contribution >= 4 is 23.3 Å². The molecule has 0 aliphatic carbocycles. The first kappa shape index (κ1) is 30.2. The summed E-state index contributed by atoms with van der Waals surface area (Å²) < 4.78 is 69.7. The number of thiazole rings is 1. The number of fused-ring (bicyclic) bond motifs is 1. The summed E-state index contributed by atoms with van der Waals surface area (Å²) >= 11 is 1.77. The van der Waals surface area contributed by atoms with Crippen molar-refractivity contribution in [2.24, 2.45) is 0 Å². The van der Waals surface area contributed by atoms with Gasteiger partial charge in [-0.15, -0.1) is 11.3 Å². The van der Waals surface area contributed by atoms with E-state index in [1.165, 1.54) is 44.0 Å².